The summed E-state index contributed by atoms with van der Waals surface area (Å²) in [5.41, 5.74) is 7.20. The highest BCUT2D eigenvalue weighted by Gasteiger charge is 2.06. The Bertz CT molecular complexity index is 299. The molecule has 1 aromatic rings. The smallest absolute Gasteiger partial charge is 0.0915 e. The first-order chi connectivity index (χ1) is 7.09. The lowest BCUT2D eigenvalue weighted by Crippen LogP contribution is -2.25. The number of nitrogens with two attached hydrogens (primary N) is 1. The summed E-state index contributed by atoms with van der Waals surface area (Å²) in [6, 6.07) is 7.37. The quantitative estimate of drug-likeness (QED) is 0.643. The van der Waals surface area contributed by atoms with E-state index in [2.05, 4.69) is 19.2 Å². The summed E-state index contributed by atoms with van der Waals surface area (Å²) in [6.07, 6.45) is -0.479. The Morgan fingerprint density at radius 1 is 1.33 bits per heavy atom. The highest BCUT2D eigenvalue weighted by atomic mass is 16.3. The lowest BCUT2D eigenvalue weighted by molar-refractivity contribution is 0.173. The Hall–Kier alpha value is -1.06. The number of benzene rings is 1. The summed E-state index contributed by atoms with van der Waals surface area (Å²) in [6.45, 7) is 5.76. The topological polar surface area (TPSA) is 58.3 Å². The first-order valence-electron chi connectivity index (χ1n) is 5.34. The molecule has 0 heterocycles. The Morgan fingerprint density at radius 3 is 2.67 bits per heavy atom. The van der Waals surface area contributed by atoms with E-state index in [1.54, 1.807) is 0 Å². The lowest BCUT2D eigenvalue weighted by atomic mass is 10.1. The van der Waals surface area contributed by atoms with Crippen LogP contribution in [0.5, 0.6) is 0 Å². The van der Waals surface area contributed by atoms with Crippen LogP contribution in [0.4, 0.5) is 5.69 Å². The van der Waals surface area contributed by atoms with Gasteiger partial charge >= 0.3 is 0 Å². The van der Waals surface area contributed by atoms with Crippen molar-refractivity contribution >= 4 is 5.69 Å². The van der Waals surface area contributed by atoms with Gasteiger partial charge in [-0.2, -0.15) is 0 Å². The first kappa shape index (κ1) is 12.0. The van der Waals surface area contributed by atoms with Crippen molar-refractivity contribution in [2.24, 2.45) is 5.92 Å². The number of nitrogen functional groups attached to an aromatic ring is 1. The largest absolute Gasteiger partial charge is 0.399 e. The number of aliphatic hydroxyl groups excluding tert-OH is 1. The van der Waals surface area contributed by atoms with Crippen LogP contribution in [0, 0.1) is 5.92 Å². The standard InChI is InChI=1S/C12H20N2O/c1-9(2)7-14-8-12(15)10-4-3-5-11(13)6-10/h3-6,9,12,14-15H,7-8,13H2,1-2H3. The second-order valence-electron chi connectivity index (χ2n) is 4.24. The van der Waals surface area contributed by atoms with E-state index in [1.165, 1.54) is 0 Å². The maximum absolute atomic E-state index is 9.84. The fraction of sp³-hybridized carbons (Fsp3) is 0.500. The fourth-order valence-electron chi connectivity index (χ4n) is 1.39. The van der Waals surface area contributed by atoms with E-state index >= 15 is 0 Å². The molecule has 3 heteroatoms. The van der Waals surface area contributed by atoms with Gasteiger partial charge in [0.2, 0.25) is 0 Å². The molecule has 3 nitrogen and oxygen atoms in total. The van der Waals surface area contributed by atoms with Gasteiger partial charge in [0.25, 0.3) is 0 Å². The third-order valence-corrected chi connectivity index (χ3v) is 2.19. The average molecular weight is 208 g/mol. The molecule has 1 rings (SSSR count). The van der Waals surface area contributed by atoms with E-state index in [0.717, 1.165) is 12.1 Å². The molecule has 0 aliphatic heterocycles. The Morgan fingerprint density at radius 2 is 2.07 bits per heavy atom. The van der Waals surface area contributed by atoms with Crippen LogP contribution in [0.2, 0.25) is 0 Å². The SMILES string of the molecule is CC(C)CNCC(O)c1cccc(N)c1. The van der Waals surface area contributed by atoms with Crippen LogP contribution in [0.25, 0.3) is 0 Å². The highest BCUT2D eigenvalue weighted by molar-refractivity contribution is 5.41. The van der Waals surface area contributed by atoms with Crippen LogP contribution in [-0.4, -0.2) is 18.2 Å². The molecule has 0 aromatic heterocycles. The van der Waals surface area contributed by atoms with Gasteiger partial charge in [0.05, 0.1) is 6.10 Å². The number of hydrogen-bond acceptors (Lipinski definition) is 3. The van der Waals surface area contributed by atoms with Gasteiger partial charge in [-0.25, -0.2) is 0 Å². The Kier molecular flexibility index (Phi) is 4.59. The van der Waals surface area contributed by atoms with E-state index in [4.69, 9.17) is 5.73 Å². The molecule has 0 spiro atoms. The first-order valence-corrected chi connectivity index (χ1v) is 5.34. The molecule has 4 N–H and O–H groups in total. The van der Waals surface area contributed by atoms with Crippen molar-refractivity contribution in [3.63, 3.8) is 0 Å². The molecular weight excluding hydrogens is 188 g/mol. The minimum atomic E-state index is -0.479. The zero-order valence-electron chi connectivity index (χ0n) is 9.40. The summed E-state index contributed by atoms with van der Waals surface area (Å²) in [4.78, 5) is 0. The average Bonchev–Trinajstić information content (AvgIpc) is 2.17. The molecule has 1 atom stereocenters. The van der Waals surface area contributed by atoms with Crippen molar-refractivity contribution in [3.8, 4) is 0 Å². The maximum atomic E-state index is 9.84. The minimum Gasteiger partial charge on any atom is -0.399 e. The molecule has 1 unspecified atom stereocenters. The minimum absolute atomic E-state index is 0.479. The van der Waals surface area contributed by atoms with Crippen LogP contribution in [0.3, 0.4) is 0 Å². The number of nitrogens with one attached hydrogen (secondary N) is 1. The van der Waals surface area contributed by atoms with Gasteiger partial charge in [-0.05, 0) is 30.2 Å². The van der Waals surface area contributed by atoms with Gasteiger partial charge in [-0.1, -0.05) is 26.0 Å². The second-order valence-corrected chi connectivity index (χ2v) is 4.24. The van der Waals surface area contributed by atoms with Gasteiger partial charge in [-0.3, -0.25) is 0 Å². The van der Waals surface area contributed by atoms with Crippen molar-refractivity contribution < 1.29 is 5.11 Å². The van der Waals surface area contributed by atoms with Crippen LogP contribution in [0.1, 0.15) is 25.5 Å². The van der Waals surface area contributed by atoms with Crippen molar-refractivity contribution in [3.05, 3.63) is 29.8 Å². The van der Waals surface area contributed by atoms with Gasteiger partial charge in [0, 0.05) is 12.2 Å². The third-order valence-electron chi connectivity index (χ3n) is 2.19. The van der Waals surface area contributed by atoms with Gasteiger partial charge in [0.1, 0.15) is 0 Å². The highest BCUT2D eigenvalue weighted by Crippen LogP contribution is 2.14. The van der Waals surface area contributed by atoms with E-state index in [1.807, 2.05) is 24.3 Å². The molecule has 0 aliphatic rings. The molecule has 0 radical (unpaired) electrons. The molecule has 84 valence electrons. The van der Waals surface area contributed by atoms with Crippen LogP contribution >= 0.6 is 0 Å². The van der Waals surface area contributed by atoms with E-state index < -0.39 is 6.10 Å². The third kappa shape index (κ3) is 4.32. The van der Waals surface area contributed by atoms with Crippen molar-refractivity contribution in [1.29, 1.82) is 0 Å². The van der Waals surface area contributed by atoms with Gasteiger partial charge < -0.3 is 16.2 Å². The molecule has 0 fully saturated rings. The Labute approximate surface area is 91.3 Å². The number of aliphatic hydroxyl groups is 1. The molecule has 0 saturated heterocycles. The van der Waals surface area contributed by atoms with Crippen LogP contribution < -0.4 is 11.1 Å². The Balaban J connectivity index is 2.43. The van der Waals surface area contributed by atoms with Gasteiger partial charge in [0.15, 0.2) is 0 Å². The number of rotatable bonds is 5. The predicted molar refractivity (Wildman–Crippen MR) is 63.5 cm³/mol. The molecule has 0 saturated carbocycles. The summed E-state index contributed by atoms with van der Waals surface area (Å²) in [5, 5.41) is 13.1. The monoisotopic (exact) mass is 208 g/mol. The number of anilines is 1. The van der Waals surface area contributed by atoms with E-state index in [-0.39, 0.29) is 0 Å². The zero-order valence-corrected chi connectivity index (χ0v) is 9.40. The van der Waals surface area contributed by atoms with Crippen molar-refractivity contribution in [1.82, 2.24) is 5.32 Å². The van der Waals surface area contributed by atoms with Crippen molar-refractivity contribution in [2.45, 2.75) is 20.0 Å². The molecule has 15 heavy (non-hydrogen) atoms. The summed E-state index contributed by atoms with van der Waals surface area (Å²) in [7, 11) is 0. The molecule has 0 bridgehead atoms. The number of hydrogen-bond donors (Lipinski definition) is 3. The normalized spacial score (nSPS) is 13.1. The van der Waals surface area contributed by atoms with E-state index in [9.17, 15) is 5.11 Å². The molecule has 0 aliphatic carbocycles. The van der Waals surface area contributed by atoms with Crippen molar-refractivity contribution in [2.75, 3.05) is 18.8 Å². The summed E-state index contributed by atoms with van der Waals surface area (Å²) >= 11 is 0. The second kappa shape index (κ2) is 5.73. The molecular formula is C12H20N2O. The summed E-state index contributed by atoms with van der Waals surface area (Å²) < 4.78 is 0. The van der Waals surface area contributed by atoms with Crippen LogP contribution in [-0.2, 0) is 0 Å². The summed E-state index contributed by atoms with van der Waals surface area (Å²) in [5.74, 6) is 0.595. The maximum Gasteiger partial charge on any atom is 0.0915 e. The lowest BCUT2D eigenvalue weighted by Gasteiger charge is -2.13. The van der Waals surface area contributed by atoms with E-state index in [0.29, 0.717) is 18.2 Å². The predicted octanol–water partition coefficient (Wildman–Crippen LogP) is 1.55. The molecule has 0 amide bonds. The molecule has 1 aromatic carbocycles. The van der Waals surface area contributed by atoms with Crippen LogP contribution in [0.15, 0.2) is 24.3 Å². The zero-order chi connectivity index (χ0) is 11.3. The fourth-order valence-corrected chi connectivity index (χ4v) is 1.39. The van der Waals surface area contributed by atoms with Gasteiger partial charge in [-0.15, -0.1) is 0 Å².